The van der Waals surface area contributed by atoms with Gasteiger partial charge in [-0.15, -0.1) is 0 Å². The number of hydrogen-bond acceptors (Lipinski definition) is 15. The van der Waals surface area contributed by atoms with Gasteiger partial charge in [-0.05, 0) is 75.9 Å². The standard InChI is InChI=1S/C29H36N6O4.C26H32N6O3/c1-18(20-12-27(36)30-14-20)39-29-28-24(31-17-35(28)21-4-5-21)13-23(32-29)19-3-6-25(26(11-19)37-2)34-9-7-33(8-10-34)22-15-38-16-22;1-16(18-12-24(33)28-14-18)35-26-25-21(29-15-32(25)19-4-5-19)13-20(30-26)17-3-6-22(23(11-17)34-2)31-9-7-27-8-10-31/h3,6,11,13,17-18,20-22H,4-5,7-10,12,14-16H2,1-2H3,(H,30,36);3,6,11,13,15-16,18-19,27H,4-5,7-10,12,14H2,1-2H3,(H,28,33)/t18-,20-;16-,18-/m11/s1. The summed E-state index contributed by atoms with van der Waals surface area (Å²) in [4.78, 5) is 50.3. The molecule has 5 saturated heterocycles. The maximum absolute atomic E-state index is 11.8. The quantitative estimate of drug-likeness (QED) is 0.115. The summed E-state index contributed by atoms with van der Waals surface area (Å²) in [5.41, 5.74) is 9.32. The van der Waals surface area contributed by atoms with E-state index in [1.54, 1.807) is 14.2 Å². The number of nitrogens with one attached hydrogen (secondary N) is 3. The molecule has 74 heavy (non-hydrogen) atoms. The number of hydrogen-bond donors (Lipinski definition) is 3. The fraction of sp³-hybridized carbons (Fsp3) is 0.527. The number of carbonyl (C=O) groups excluding carboxylic acids is 2. The van der Waals surface area contributed by atoms with Crippen LogP contribution in [0.25, 0.3) is 44.6 Å². The summed E-state index contributed by atoms with van der Waals surface area (Å²) >= 11 is 0. The molecule has 0 bridgehead atoms. The zero-order valence-corrected chi connectivity index (χ0v) is 42.9. The van der Waals surface area contributed by atoms with E-state index in [-0.39, 0.29) is 35.9 Å². The van der Waals surface area contributed by atoms with E-state index in [2.05, 4.69) is 76.2 Å². The first-order chi connectivity index (χ1) is 36.2. The lowest BCUT2D eigenvalue weighted by molar-refractivity contribution is -0.120. The molecule has 7 aliphatic rings. The van der Waals surface area contributed by atoms with Gasteiger partial charge in [0.2, 0.25) is 23.6 Å². The van der Waals surface area contributed by atoms with Crippen LogP contribution in [0.1, 0.15) is 64.5 Å². The Kier molecular flexibility index (Phi) is 13.4. The third-order valence-corrected chi connectivity index (χ3v) is 16.1. The van der Waals surface area contributed by atoms with Crippen LogP contribution >= 0.6 is 0 Å². The molecular weight excluding hydrogens is 941 g/mol. The molecule has 19 heteroatoms. The Bertz CT molecular complexity index is 3030. The molecule has 6 aromatic rings. The Morgan fingerprint density at radius 2 is 1.08 bits per heavy atom. The number of anilines is 2. The molecule has 9 heterocycles. The number of methoxy groups -OCH3 is 2. The maximum atomic E-state index is 11.8. The predicted molar refractivity (Wildman–Crippen MR) is 281 cm³/mol. The number of amides is 2. The molecule has 4 atom stereocenters. The second-order valence-corrected chi connectivity index (χ2v) is 21.0. The molecule has 2 aromatic carbocycles. The second kappa shape index (κ2) is 20.5. The number of imidazole rings is 2. The molecule has 0 spiro atoms. The van der Waals surface area contributed by atoms with Crippen molar-refractivity contribution in [3.8, 4) is 45.8 Å². The van der Waals surface area contributed by atoms with E-state index in [0.717, 1.165) is 159 Å². The summed E-state index contributed by atoms with van der Waals surface area (Å²) in [6.45, 7) is 14.8. The van der Waals surface area contributed by atoms with Gasteiger partial charge in [-0.2, -0.15) is 0 Å². The van der Waals surface area contributed by atoms with Crippen molar-refractivity contribution in [2.45, 2.75) is 82.7 Å². The summed E-state index contributed by atoms with van der Waals surface area (Å²) in [7, 11) is 3.44. The van der Waals surface area contributed by atoms with Gasteiger partial charge in [0, 0.05) is 113 Å². The van der Waals surface area contributed by atoms with Gasteiger partial charge < -0.3 is 58.6 Å². The van der Waals surface area contributed by atoms with E-state index in [4.69, 9.17) is 43.6 Å². The monoisotopic (exact) mass is 1010 g/mol. The largest absolute Gasteiger partial charge is 0.495 e. The molecule has 0 radical (unpaired) electrons. The topological polar surface area (TPSA) is 188 Å². The number of carbonyl (C=O) groups is 2. The van der Waals surface area contributed by atoms with Crippen molar-refractivity contribution in [2.75, 3.05) is 103 Å². The SMILES string of the molecule is COc1cc(-c2cc3ncn(C4CC4)c3c(O[C@H](C)[C@H]3CNC(=O)C3)n2)ccc1N1CCN(C2COC2)CC1.COc1cc(-c2cc3ncn(C4CC4)c3c(O[C@H](C)[C@H]3CNC(=O)C3)n2)ccc1N1CCNCC1. The molecule has 2 saturated carbocycles. The second-order valence-electron chi connectivity index (χ2n) is 21.0. The summed E-state index contributed by atoms with van der Waals surface area (Å²) in [6, 6.07) is 18.1. The Labute approximate surface area is 431 Å². The van der Waals surface area contributed by atoms with Crippen molar-refractivity contribution in [1.29, 1.82) is 0 Å². The number of nitrogens with zero attached hydrogens (tertiary/aromatic N) is 9. The van der Waals surface area contributed by atoms with E-state index in [0.29, 0.717) is 55.8 Å². The summed E-state index contributed by atoms with van der Waals surface area (Å²) in [6.07, 6.45) is 9.05. The fourth-order valence-electron chi connectivity index (χ4n) is 11.1. The first-order valence-corrected chi connectivity index (χ1v) is 26.7. The van der Waals surface area contributed by atoms with Crippen LogP contribution in [-0.2, 0) is 14.3 Å². The van der Waals surface area contributed by atoms with Gasteiger partial charge in [0.15, 0.2) is 0 Å². The number of benzene rings is 2. The van der Waals surface area contributed by atoms with E-state index in [1.165, 1.54) is 0 Å². The fourth-order valence-corrected chi connectivity index (χ4v) is 11.1. The van der Waals surface area contributed by atoms with Crippen LogP contribution in [0.5, 0.6) is 23.3 Å². The molecule has 13 rings (SSSR count). The van der Waals surface area contributed by atoms with Gasteiger partial charge in [-0.25, -0.2) is 19.9 Å². The lowest BCUT2D eigenvalue weighted by atomic mass is 10.0. The van der Waals surface area contributed by atoms with Crippen molar-refractivity contribution in [2.24, 2.45) is 11.8 Å². The van der Waals surface area contributed by atoms with E-state index in [9.17, 15) is 9.59 Å². The molecule has 390 valence electrons. The third kappa shape index (κ3) is 9.88. The summed E-state index contributed by atoms with van der Waals surface area (Å²) in [5.74, 6) is 3.24. The molecule has 19 nitrogen and oxygen atoms in total. The van der Waals surface area contributed by atoms with Gasteiger partial charge >= 0.3 is 0 Å². The molecule has 3 N–H and O–H groups in total. The van der Waals surface area contributed by atoms with Crippen LogP contribution in [0, 0.1) is 11.8 Å². The van der Waals surface area contributed by atoms with E-state index < -0.39 is 0 Å². The molecule has 5 aliphatic heterocycles. The highest BCUT2D eigenvalue weighted by molar-refractivity contribution is 5.87. The minimum absolute atomic E-state index is 0.0796. The van der Waals surface area contributed by atoms with Gasteiger partial charge in [-0.1, -0.05) is 12.1 Å². The van der Waals surface area contributed by atoms with Crippen LogP contribution in [0.15, 0.2) is 61.2 Å². The van der Waals surface area contributed by atoms with Gasteiger partial charge in [0.25, 0.3) is 0 Å². The lowest BCUT2D eigenvalue weighted by Gasteiger charge is -2.43. The van der Waals surface area contributed by atoms with Crippen LogP contribution in [-0.4, -0.2) is 157 Å². The van der Waals surface area contributed by atoms with Crippen molar-refractivity contribution < 1.29 is 33.3 Å². The highest BCUT2D eigenvalue weighted by Crippen LogP contribution is 2.43. The Hall–Kier alpha value is -6.70. The van der Waals surface area contributed by atoms with Gasteiger partial charge in [-0.3, -0.25) is 14.5 Å². The average Bonchev–Trinajstić information content (AvgIpc) is 4.24. The summed E-state index contributed by atoms with van der Waals surface area (Å²) < 4.78 is 34.4. The molecule has 4 aromatic heterocycles. The molecular formula is C55H68N12O7. The molecule has 2 aliphatic carbocycles. The average molecular weight is 1010 g/mol. The van der Waals surface area contributed by atoms with E-state index in [1.807, 2.05) is 38.6 Å². The van der Waals surface area contributed by atoms with Crippen LogP contribution in [0.4, 0.5) is 11.4 Å². The van der Waals surface area contributed by atoms with Crippen molar-refractivity contribution in [3.63, 3.8) is 0 Å². The van der Waals surface area contributed by atoms with Crippen LogP contribution < -0.4 is 44.7 Å². The van der Waals surface area contributed by atoms with Crippen molar-refractivity contribution in [1.82, 2.24) is 49.9 Å². The Balaban J connectivity index is 0.000000151. The smallest absolute Gasteiger partial charge is 0.241 e. The summed E-state index contributed by atoms with van der Waals surface area (Å²) in [5, 5.41) is 9.23. The number of pyridine rings is 2. The molecule has 7 fully saturated rings. The molecule has 2 amide bonds. The maximum Gasteiger partial charge on any atom is 0.241 e. The van der Waals surface area contributed by atoms with Crippen LogP contribution in [0.2, 0.25) is 0 Å². The molecule has 0 unspecified atom stereocenters. The zero-order chi connectivity index (χ0) is 50.5. The minimum atomic E-state index is -0.153. The van der Waals surface area contributed by atoms with Crippen molar-refractivity contribution >= 4 is 45.3 Å². The zero-order valence-electron chi connectivity index (χ0n) is 42.9. The number of ether oxygens (including phenoxy) is 5. The van der Waals surface area contributed by atoms with Crippen LogP contribution in [0.3, 0.4) is 0 Å². The third-order valence-electron chi connectivity index (χ3n) is 16.1. The normalized spacial score (nSPS) is 22.2. The number of rotatable bonds is 15. The Morgan fingerprint density at radius 3 is 1.49 bits per heavy atom. The van der Waals surface area contributed by atoms with Gasteiger partial charge in [0.1, 0.15) is 34.7 Å². The first-order valence-electron chi connectivity index (χ1n) is 26.7. The number of fused-ring (bicyclic) bond motifs is 2. The first kappa shape index (κ1) is 48.3. The number of piperazine rings is 2. The highest BCUT2D eigenvalue weighted by atomic mass is 16.5. The lowest BCUT2D eigenvalue weighted by Crippen LogP contribution is -2.56. The van der Waals surface area contributed by atoms with Gasteiger partial charge in [0.05, 0.1) is 79.9 Å². The highest BCUT2D eigenvalue weighted by Gasteiger charge is 2.34. The Morgan fingerprint density at radius 1 is 0.608 bits per heavy atom. The van der Waals surface area contributed by atoms with Crippen molar-refractivity contribution in [3.05, 3.63) is 61.2 Å². The minimum Gasteiger partial charge on any atom is -0.495 e. The van der Waals surface area contributed by atoms with E-state index >= 15 is 0 Å². The predicted octanol–water partition coefficient (Wildman–Crippen LogP) is 5.62. The number of aromatic nitrogens is 6.